The van der Waals surface area contributed by atoms with Gasteiger partial charge in [0.2, 0.25) is 0 Å². The van der Waals surface area contributed by atoms with Crippen molar-refractivity contribution in [3.63, 3.8) is 0 Å². The number of rotatable bonds is 2. The monoisotopic (exact) mass is 1090 g/mol. The molecule has 11 aromatic rings. The van der Waals surface area contributed by atoms with Gasteiger partial charge in [0.1, 0.15) is 0 Å². The van der Waals surface area contributed by atoms with E-state index in [-0.39, 0.29) is 45.9 Å². The lowest BCUT2D eigenvalue weighted by molar-refractivity contribution is 0.589. The molecule has 4 nitrogen and oxygen atoms in total. The van der Waals surface area contributed by atoms with Crippen molar-refractivity contribution >= 4 is 124 Å². The van der Waals surface area contributed by atoms with Crippen molar-refractivity contribution < 1.29 is 0 Å². The SMILES string of the molecule is CC(C)(C)c1ccc(N2c3ccc(C(C)(C)C)cc3B3c4c2cc(C(C)(C)C)cc4-n2c4cc5c(cc4c4cccc3c42)c2cccc3c2n5-c2cc(C(C)(C)C)cc4c2B3c2cc(C(C)(C)C)ccc2N4c2ccc(C(C)(C)C)cc2)cc1. The van der Waals surface area contributed by atoms with E-state index in [0.29, 0.717) is 0 Å². The summed E-state index contributed by atoms with van der Waals surface area (Å²) in [4.78, 5) is 5.21. The fraction of sp³-hybridized carbons (Fsp3) is 0.308. The molecule has 0 N–H and O–H groups in total. The summed E-state index contributed by atoms with van der Waals surface area (Å²) in [5, 5.41) is 5.21. The second-order valence-electron chi connectivity index (χ2n) is 31.6. The molecule has 9 aromatic carbocycles. The number of anilines is 6. The summed E-state index contributed by atoms with van der Waals surface area (Å²) in [7, 11) is 0. The summed E-state index contributed by atoms with van der Waals surface area (Å²) in [6.45, 7) is 42.4. The van der Waals surface area contributed by atoms with E-state index >= 15 is 0 Å². The highest BCUT2D eigenvalue weighted by Gasteiger charge is 2.46. The van der Waals surface area contributed by atoms with Gasteiger partial charge >= 0.3 is 0 Å². The van der Waals surface area contributed by atoms with Crippen LogP contribution in [0.2, 0.25) is 0 Å². The van der Waals surface area contributed by atoms with Crippen LogP contribution >= 0.6 is 0 Å². The first kappa shape index (κ1) is 53.1. The Hall–Kier alpha value is -7.69. The van der Waals surface area contributed by atoms with Gasteiger partial charge in [-0.15, -0.1) is 0 Å². The van der Waals surface area contributed by atoms with Crippen molar-refractivity contribution in [2.75, 3.05) is 9.80 Å². The molecule has 0 fully saturated rings. The van der Waals surface area contributed by atoms with Crippen LogP contribution in [0.5, 0.6) is 0 Å². The van der Waals surface area contributed by atoms with E-state index in [4.69, 9.17) is 0 Å². The van der Waals surface area contributed by atoms with E-state index in [1.54, 1.807) is 0 Å². The Kier molecular flexibility index (Phi) is 10.8. The molecule has 0 amide bonds. The molecule has 15 rings (SSSR count). The van der Waals surface area contributed by atoms with Gasteiger partial charge in [0.15, 0.2) is 0 Å². The number of benzene rings is 9. The van der Waals surface area contributed by atoms with E-state index in [9.17, 15) is 0 Å². The minimum atomic E-state index is -0.131. The zero-order valence-corrected chi connectivity index (χ0v) is 53.0. The molecule has 418 valence electrons. The minimum Gasteiger partial charge on any atom is -0.311 e. The molecule has 4 aliphatic rings. The van der Waals surface area contributed by atoms with Crippen LogP contribution in [0, 0.1) is 0 Å². The van der Waals surface area contributed by atoms with Gasteiger partial charge in [0.25, 0.3) is 13.4 Å². The number of para-hydroxylation sites is 2. The maximum Gasteiger partial charge on any atom is 0.252 e. The maximum atomic E-state index is 2.70. The average molecular weight is 1100 g/mol. The molecule has 2 aromatic heterocycles. The molecule has 0 bridgehead atoms. The van der Waals surface area contributed by atoms with Crippen LogP contribution < -0.4 is 42.6 Å². The number of aromatic nitrogens is 2. The van der Waals surface area contributed by atoms with Gasteiger partial charge in [-0.05, 0) is 171 Å². The maximum absolute atomic E-state index is 2.70. The molecular formula is C78H80B2N4. The smallest absolute Gasteiger partial charge is 0.252 e. The molecule has 0 atom stereocenters. The van der Waals surface area contributed by atoms with Crippen LogP contribution in [-0.4, -0.2) is 22.6 Å². The third-order valence-corrected chi connectivity index (χ3v) is 19.8. The Morgan fingerprint density at radius 3 is 0.940 bits per heavy atom. The topological polar surface area (TPSA) is 16.3 Å². The largest absolute Gasteiger partial charge is 0.311 e. The Balaban J connectivity index is 1.06. The number of nitrogens with zero attached hydrogens (tertiary/aromatic N) is 4. The van der Waals surface area contributed by atoms with Crippen LogP contribution in [0.1, 0.15) is 158 Å². The molecular weight excluding hydrogens is 1010 g/mol. The molecule has 0 saturated carbocycles. The quantitative estimate of drug-likeness (QED) is 0.160. The van der Waals surface area contributed by atoms with Crippen LogP contribution in [0.3, 0.4) is 0 Å². The van der Waals surface area contributed by atoms with Crippen LogP contribution in [0.25, 0.3) is 55.0 Å². The van der Waals surface area contributed by atoms with Gasteiger partial charge in [-0.1, -0.05) is 210 Å². The molecule has 4 aliphatic heterocycles. The van der Waals surface area contributed by atoms with Crippen LogP contribution in [-0.2, 0) is 32.5 Å². The molecule has 0 aliphatic carbocycles. The van der Waals surface area contributed by atoms with Crippen molar-refractivity contribution in [3.05, 3.63) is 191 Å². The average Bonchev–Trinajstić information content (AvgIpc) is 1.36. The van der Waals surface area contributed by atoms with Crippen LogP contribution in [0.4, 0.5) is 34.1 Å². The lowest BCUT2D eigenvalue weighted by atomic mass is 9.33. The third-order valence-electron chi connectivity index (χ3n) is 19.8. The van der Waals surface area contributed by atoms with Crippen molar-refractivity contribution in [1.29, 1.82) is 0 Å². The van der Waals surface area contributed by atoms with E-state index < -0.39 is 0 Å². The predicted octanol–water partition coefficient (Wildman–Crippen LogP) is 16.9. The van der Waals surface area contributed by atoms with Crippen molar-refractivity contribution in [1.82, 2.24) is 9.13 Å². The summed E-state index contributed by atoms with van der Waals surface area (Å²) in [6.07, 6.45) is 0. The molecule has 84 heavy (non-hydrogen) atoms. The Morgan fingerprint density at radius 1 is 0.262 bits per heavy atom. The highest BCUT2D eigenvalue weighted by Crippen LogP contribution is 2.49. The predicted molar refractivity (Wildman–Crippen MR) is 366 cm³/mol. The summed E-state index contributed by atoms with van der Waals surface area (Å²) < 4.78 is 5.41. The fourth-order valence-electron chi connectivity index (χ4n) is 15.0. The number of hydrogen-bond acceptors (Lipinski definition) is 2. The van der Waals surface area contributed by atoms with Gasteiger partial charge in [-0.25, -0.2) is 0 Å². The summed E-state index contributed by atoms with van der Waals surface area (Å²) in [5.41, 5.74) is 31.2. The first-order chi connectivity index (χ1) is 39.5. The zero-order valence-electron chi connectivity index (χ0n) is 53.0. The minimum absolute atomic E-state index is 0.0297. The molecule has 0 saturated heterocycles. The highest BCUT2D eigenvalue weighted by atomic mass is 15.2. The fourth-order valence-corrected chi connectivity index (χ4v) is 15.0. The van der Waals surface area contributed by atoms with Gasteiger partial charge in [0, 0.05) is 78.1 Å². The Bertz CT molecular complexity index is 4360. The number of hydrogen-bond donors (Lipinski definition) is 0. The summed E-state index contributed by atoms with van der Waals surface area (Å²) in [6, 6.07) is 63.5. The van der Waals surface area contributed by atoms with Gasteiger partial charge in [-0.3, -0.25) is 0 Å². The van der Waals surface area contributed by atoms with Gasteiger partial charge in [0.05, 0.1) is 11.0 Å². The van der Waals surface area contributed by atoms with Gasteiger partial charge < -0.3 is 18.9 Å². The van der Waals surface area contributed by atoms with Crippen molar-refractivity contribution in [2.24, 2.45) is 0 Å². The molecule has 0 radical (unpaired) electrons. The first-order valence-electron chi connectivity index (χ1n) is 31.0. The lowest BCUT2D eigenvalue weighted by Crippen LogP contribution is -2.60. The third kappa shape index (κ3) is 7.53. The van der Waals surface area contributed by atoms with Gasteiger partial charge in [-0.2, -0.15) is 0 Å². The van der Waals surface area contributed by atoms with Crippen molar-refractivity contribution in [3.8, 4) is 11.4 Å². The standard InChI is InChI=1S/C78H80B2N4/c1-73(2,3)45-25-31-51(32-26-45)81-61-35-29-47(75(7,8)9)37-59(61)79-57-23-19-21-53-55-43-56-54-22-20-24-58-72(54)84(64(56)44-63(55)83(71(53)57)67-41-49(77(13,14)15)39-65(81)69(67)79)68-42-50(78(16,17)18)40-66-70(68)80(58)60-38-48(76(10,11)12)30-36-62(60)82(66)52-33-27-46(28-34-52)74(4,5)6/h19-44H,1-18H3. The Labute approximate surface area is 499 Å². The number of fused-ring (bicyclic) bond motifs is 14. The Morgan fingerprint density at radius 2 is 0.595 bits per heavy atom. The summed E-state index contributed by atoms with van der Waals surface area (Å²) in [5.74, 6) is 0. The highest BCUT2D eigenvalue weighted by molar-refractivity contribution is 7.01. The normalized spacial score (nSPS) is 14.7. The van der Waals surface area contributed by atoms with Crippen molar-refractivity contribution in [2.45, 2.75) is 157 Å². The zero-order chi connectivity index (χ0) is 59.0. The van der Waals surface area contributed by atoms with E-state index in [0.717, 1.165) is 0 Å². The second-order valence-corrected chi connectivity index (χ2v) is 31.6. The van der Waals surface area contributed by atoms with Crippen LogP contribution in [0.15, 0.2) is 158 Å². The van der Waals surface area contributed by atoms with E-state index in [2.05, 4.69) is 301 Å². The first-order valence-corrected chi connectivity index (χ1v) is 31.0. The molecule has 0 spiro atoms. The second kappa shape index (κ2) is 17.0. The lowest BCUT2D eigenvalue weighted by Gasteiger charge is -2.42. The molecule has 0 unspecified atom stereocenters. The summed E-state index contributed by atoms with van der Waals surface area (Å²) >= 11 is 0. The molecule has 6 heterocycles. The molecule has 6 heteroatoms. The van der Waals surface area contributed by atoms with E-state index in [1.807, 2.05) is 0 Å². The van der Waals surface area contributed by atoms with E-state index in [1.165, 1.54) is 155 Å².